The van der Waals surface area contributed by atoms with Crippen molar-refractivity contribution in [1.82, 2.24) is 5.32 Å². The van der Waals surface area contributed by atoms with Crippen molar-refractivity contribution in [3.8, 4) is 17.2 Å². The monoisotopic (exact) mass is 475 g/mol. The Labute approximate surface area is 196 Å². The lowest BCUT2D eigenvalue weighted by Crippen LogP contribution is -2.38. The van der Waals surface area contributed by atoms with Crippen LogP contribution >= 0.6 is 23.2 Å². The minimum atomic E-state index is -0.394. The fourth-order valence-corrected chi connectivity index (χ4v) is 4.86. The number of amides is 1. The van der Waals surface area contributed by atoms with E-state index in [-0.39, 0.29) is 24.0 Å². The van der Waals surface area contributed by atoms with Gasteiger partial charge in [-0.3, -0.25) is 9.59 Å². The number of nitrogens with one attached hydrogen (secondary N) is 1. The molecule has 32 heavy (non-hydrogen) atoms. The fourth-order valence-electron chi connectivity index (χ4n) is 4.55. The first-order valence-corrected chi connectivity index (χ1v) is 10.9. The van der Waals surface area contributed by atoms with E-state index >= 15 is 0 Å². The predicted molar refractivity (Wildman–Crippen MR) is 122 cm³/mol. The quantitative estimate of drug-likeness (QED) is 0.656. The zero-order valence-electron chi connectivity index (χ0n) is 18.0. The summed E-state index contributed by atoms with van der Waals surface area (Å²) in [6.07, 6.45) is 1.03. The highest BCUT2D eigenvalue weighted by Gasteiger charge is 2.39. The Hall–Kier alpha value is -2.70. The van der Waals surface area contributed by atoms with Crippen LogP contribution in [-0.2, 0) is 9.59 Å². The van der Waals surface area contributed by atoms with Crippen molar-refractivity contribution in [3.63, 3.8) is 0 Å². The number of benzene rings is 2. The molecule has 1 heterocycles. The van der Waals surface area contributed by atoms with Crippen LogP contribution in [-0.4, -0.2) is 33.0 Å². The number of carbonyl (C=O) groups excluding carboxylic acids is 2. The molecule has 0 saturated carbocycles. The molecule has 4 rings (SSSR count). The number of ether oxygens (including phenoxy) is 3. The second-order valence-electron chi connectivity index (χ2n) is 7.86. The molecule has 2 atom stereocenters. The van der Waals surface area contributed by atoms with Gasteiger partial charge in [-0.1, -0.05) is 29.3 Å². The minimum absolute atomic E-state index is 0.000995. The maximum Gasteiger partial charge on any atom is 0.225 e. The van der Waals surface area contributed by atoms with E-state index in [0.717, 1.165) is 11.1 Å². The Morgan fingerprint density at radius 3 is 2.12 bits per heavy atom. The second-order valence-corrected chi connectivity index (χ2v) is 8.67. The topological polar surface area (TPSA) is 73.9 Å². The number of Topliss-reactive ketones (excluding diaryl/α,β-unsaturated/α-hetero) is 1. The molecule has 0 aromatic heterocycles. The van der Waals surface area contributed by atoms with Crippen LogP contribution in [0.15, 0.2) is 41.6 Å². The third-order valence-corrected chi connectivity index (χ3v) is 6.78. The smallest absolute Gasteiger partial charge is 0.225 e. The summed E-state index contributed by atoms with van der Waals surface area (Å²) >= 11 is 12.2. The highest BCUT2D eigenvalue weighted by Crippen LogP contribution is 2.46. The molecule has 1 N–H and O–H groups in total. The molecule has 0 radical (unpaired) electrons. The number of ketones is 1. The maximum atomic E-state index is 13.3. The summed E-state index contributed by atoms with van der Waals surface area (Å²) in [5.74, 6) is 0.803. The van der Waals surface area contributed by atoms with Crippen LogP contribution in [0.5, 0.6) is 17.2 Å². The van der Waals surface area contributed by atoms with Crippen molar-refractivity contribution < 1.29 is 23.8 Å². The van der Waals surface area contributed by atoms with Gasteiger partial charge in [-0.2, -0.15) is 0 Å². The standard InChI is InChI=1S/C24H23Cl2NO5/c1-30-20-9-14(10-21(31-2)24(20)32-3)15-11-22(29)27-18-7-13(8-19(28)23(15)18)12-4-5-16(25)17(26)6-12/h4-6,9-10,13,15H,7-8,11H2,1-3H3,(H,27,29). The summed E-state index contributed by atoms with van der Waals surface area (Å²) in [6, 6.07) is 8.99. The normalized spacial score (nSPS) is 20.5. The van der Waals surface area contributed by atoms with Gasteiger partial charge in [-0.05, 0) is 47.7 Å². The molecule has 2 unspecified atom stereocenters. The summed E-state index contributed by atoms with van der Waals surface area (Å²) < 4.78 is 16.3. The van der Waals surface area contributed by atoms with Gasteiger partial charge in [0.15, 0.2) is 17.3 Å². The molecule has 6 nitrogen and oxygen atoms in total. The van der Waals surface area contributed by atoms with E-state index in [2.05, 4.69) is 5.32 Å². The van der Waals surface area contributed by atoms with Crippen molar-refractivity contribution in [2.45, 2.75) is 31.1 Å². The van der Waals surface area contributed by atoms with E-state index in [9.17, 15) is 9.59 Å². The number of carbonyl (C=O) groups is 2. The van der Waals surface area contributed by atoms with Crippen molar-refractivity contribution in [2.75, 3.05) is 21.3 Å². The van der Waals surface area contributed by atoms with E-state index in [1.54, 1.807) is 24.3 Å². The number of hydrogen-bond donors (Lipinski definition) is 1. The van der Waals surface area contributed by atoms with Crippen LogP contribution in [0, 0.1) is 0 Å². The van der Waals surface area contributed by atoms with E-state index in [0.29, 0.717) is 51.4 Å². The average molecular weight is 476 g/mol. The lowest BCUT2D eigenvalue weighted by molar-refractivity contribution is -0.122. The van der Waals surface area contributed by atoms with Crippen molar-refractivity contribution >= 4 is 34.9 Å². The molecule has 2 aromatic carbocycles. The van der Waals surface area contributed by atoms with Gasteiger partial charge in [0.25, 0.3) is 0 Å². The van der Waals surface area contributed by atoms with Crippen molar-refractivity contribution in [1.29, 1.82) is 0 Å². The van der Waals surface area contributed by atoms with Gasteiger partial charge >= 0.3 is 0 Å². The molecule has 0 spiro atoms. The van der Waals surface area contributed by atoms with E-state index in [4.69, 9.17) is 37.4 Å². The summed E-state index contributed by atoms with van der Waals surface area (Å²) in [6.45, 7) is 0. The van der Waals surface area contributed by atoms with E-state index in [1.807, 2.05) is 6.07 Å². The molecule has 0 saturated heterocycles. The average Bonchev–Trinajstić information content (AvgIpc) is 2.78. The first-order chi connectivity index (χ1) is 15.4. The largest absolute Gasteiger partial charge is 0.493 e. The Kier molecular flexibility index (Phi) is 6.35. The highest BCUT2D eigenvalue weighted by molar-refractivity contribution is 6.42. The van der Waals surface area contributed by atoms with Crippen LogP contribution < -0.4 is 19.5 Å². The maximum absolute atomic E-state index is 13.3. The summed E-state index contributed by atoms with van der Waals surface area (Å²) in [5, 5.41) is 3.84. The first-order valence-electron chi connectivity index (χ1n) is 10.2. The zero-order valence-corrected chi connectivity index (χ0v) is 19.5. The third-order valence-electron chi connectivity index (χ3n) is 6.04. The number of hydrogen-bond acceptors (Lipinski definition) is 5. The number of allylic oxidation sites excluding steroid dienone is 2. The van der Waals surface area contributed by atoms with Gasteiger partial charge in [0.2, 0.25) is 11.7 Å². The molecule has 1 aliphatic carbocycles. The van der Waals surface area contributed by atoms with Crippen LogP contribution in [0.1, 0.15) is 42.2 Å². The van der Waals surface area contributed by atoms with Gasteiger partial charge in [-0.15, -0.1) is 0 Å². The molecule has 168 valence electrons. The molecular formula is C24H23Cl2NO5. The Morgan fingerprint density at radius 1 is 0.844 bits per heavy atom. The minimum Gasteiger partial charge on any atom is -0.493 e. The van der Waals surface area contributed by atoms with Gasteiger partial charge in [0, 0.05) is 30.0 Å². The molecule has 8 heteroatoms. The molecule has 1 amide bonds. The Morgan fingerprint density at radius 2 is 1.53 bits per heavy atom. The van der Waals surface area contributed by atoms with Gasteiger partial charge in [0.05, 0.1) is 31.4 Å². The van der Waals surface area contributed by atoms with Crippen LogP contribution in [0.2, 0.25) is 10.0 Å². The number of methoxy groups -OCH3 is 3. The Bertz CT molecular complexity index is 1100. The van der Waals surface area contributed by atoms with Crippen molar-refractivity contribution in [2.24, 2.45) is 0 Å². The van der Waals surface area contributed by atoms with Crippen molar-refractivity contribution in [3.05, 3.63) is 62.8 Å². The summed E-state index contributed by atoms with van der Waals surface area (Å²) in [4.78, 5) is 25.9. The lowest BCUT2D eigenvalue weighted by atomic mass is 9.73. The molecule has 1 aliphatic heterocycles. The van der Waals surface area contributed by atoms with Gasteiger partial charge in [0.1, 0.15) is 0 Å². The zero-order chi connectivity index (χ0) is 23.0. The van der Waals surface area contributed by atoms with E-state index < -0.39 is 5.92 Å². The van der Waals surface area contributed by atoms with Crippen LogP contribution in [0.4, 0.5) is 0 Å². The number of halogens is 2. The fraction of sp³-hybridized carbons (Fsp3) is 0.333. The molecule has 2 aliphatic rings. The van der Waals surface area contributed by atoms with Gasteiger partial charge < -0.3 is 19.5 Å². The van der Waals surface area contributed by atoms with Crippen LogP contribution in [0.3, 0.4) is 0 Å². The lowest BCUT2D eigenvalue weighted by Gasteiger charge is -2.34. The molecule has 2 aromatic rings. The summed E-state index contributed by atoms with van der Waals surface area (Å²) in [7, 11) is 4.60. The second kappa shape index (κ2) is 9.04. The molecule has 0 bridgehead atoms. The summed E-state index contributed by atoms with van der Waals surface area (Å²) in [5.41, 5.74) is 2.98. The first kappa shape index (κ1) is 22.5. The number of rotatable bonds is 5. The molecule has 0 fully saturated rings. The van der Waals surface area contributed by atoms with Crippen LogP contribution in [0.25, 0.3) is 0 Å². The Balaban J connectivity index is 1.75. The van der Waals surface area contributed by atoms with Gasteiger partial charge in [-0.25, -0.2) is 0 Å². The molecular weight excluding hydrogens is 453 g/mol. The van der Waals surface area contributed by atoms with E-state index in [1.165, 1.54) is 21.3 Å². The predicted octanol–water partition coefficient (Wildman–Crippen LogP) is 5.02. The highest BCUT2D eigenvalue weighted by atomic mass is 35.5. The SMILES string of the molecule is COc1cc(C2CC(=O)NC3=C2C(=O)CC(c2ccc(Cl)c(Cl)c2)C3)cc(OC)c1OC. The third kappa shape index (κ3) is 4.05.